The van der Waals surface area contributed by atoms with Crippen molar-refractivity contribution in [3.05, 3.63) is 24.3 Å². The quantitative estimate of drug-likeness (QED) is 0.0206. The molecule has 8 aliphatic rings. The number of allylic oxidation sites excluding steroid dienone is 3. The SMILES string of the molecule is CCCCCCCC/C=C\CCCCCCCCCCCCCC(=O)N[C@@H](CO[C@@H]1OC(CO)[C@@H](O[C@@H]2OC(CO)[C@H](O)[C@H](O[C@@H]3OC(CO)[C@@H](O[C@@H]4OC(CO)[C@H](O)[C@H](O[C@@H]5OC(CO)[C@@H](O[C@@H]6OC(CO)[C@H](O)[C@H](O[C@H]7OC(CO)[C@H](O)[C@H](O)C7O)C6O[C@H]6OC(C)[C@@H](O)C(O)[C@@H]6O)[C@H](O)C5NC(C)=O)C4O)[C@H](O)C3NC(C)=O)C2O)[C@H](O)C1O)[C@H](O)/C=C/CCCCCCCCCCCCC. The molecule has 0 aromatic rings. The van der Waals surface area contributed by atoms with Crippen molar-refractivity contribution < 1.29 is 208 Å². The minimum absolute atomic E-state index is 0.151. The Hall–Kier alpha value is -3.67. The Morgan fingerprint density at radius 1 is 0.295 bits per heavy atom. The zero-order valence-corrected chi connectivity index (χ0v) is 80.9. The second-order valence-electron chi connectivity index (χ2n) is 38.0. The molecule has 3 amide bonds. The molecule has 16 unspecified atom stereocenters. The molecule has 0 radical (unpaired) electrons. The smallest absolute Gasteiger partial charge is 0.220 e. The van der Waals surface area contributed by atoms with Crippen LogP contribution in [0.3, 0.4) is 0 Å². The van der Waals surface area contributed by atoms with Crippen molar-refractivity contribution in [1.82, 2.24) is 16.0 Å². The molecule has 42 atom stereocenters. The van der Waals surface area contributed by atoms with E-state index in [1.165, 1.54) is 129 Å². The molecule has 26 N–H and O–H groups in total. The second-order valence-corrected chi connectivity index (χ2v) is 38.0. The van der Waals surface area contributed by atoms with E-state index in [9.17, 15) is 132 Å². The summed E-state index contributed by atoms with van der Waals surface area (Å²) in [4.78, 5) is 40.0. The molecule has 8 aliphatic heterocycles. The molecule has 8 saturated heterocycles. The average molecular weight is 2010 g/mol. The van der Waals surface area contributed by atoms with E-state index in [1.54, 1.807) is 6.08 Å². The van der Waals surface area contributed by atoms with Crippen molar-refractivity contribution in [2.24, 2.45) is 0 Å². The van der Waals surface area contributed by atoms with Crippen LogP contribution in [0.2, 0.25) is 0 Å². The van der Waals surface area contributed by atoms with E-state index in [1.807, 2.05) is 6.08 Å². The number of aliphatic hydroxyl groups excluding tert-OH is 23. The number of unbranched alkanes of at least 4 members (excludes halogenated alkanes) is 28. The molecular formula is C94H167N3O42. The predicted molar refractivity (Wildman–Crippen MR) is 485 cm³/mol. The highest BCUT2D eigenvalue weighted by molar-refractivity contribution is 5.76. The van der Waals surface area contributed by atoms with E-state index in [0.29, 0.717) is 12.8 Å². The van der Waals surface area contributed by atoms with Gasteiger partial charge < -0.3 is 209 Å². The van der Waals surface area contributed by atoms with Gasteiger partial charge in [-0.2, -0.15) is 0 Å². The zero-order valence-electron chi connectivity index (χ0n) is 80.9. The van der Waals surface area contributed by atoms with Gasteiger partial charge >= 0.3 is 0 Å². The molecule has 139 heavy (non-hydrogen) atoms. The van der Waals surface area contributed by atoms with E-state index in [4.69, 9.17) is 75.8 Å². The Labute approximate surface area is 812 Å². The third kappa shape index (κ3) is 35.5. The van der Waals surface area contributed by atoms with Gasteiger partial charge in [-0.1, -0.05) is 192 Å². The molecule has 0 saturated carbocycles. The van der Waals surface area contributed by atoms with Crippen LogP contribution in [0.4, 0.5) is 0 Å². The highest BCUT2D eigenvalue weighted by Crippen LogP contribution is 2.41. The van der Waals surface area contributed by atoms with Crippen LogP contribution in [0.25, 0.3) is 0 Å². The molecule has 45 heteroatoms. The van der Waals surface area contributed by atoms with Crippen LogP contribution in [0.15, 0.2) is 24.3 Å². The number of hydrogen-bond donors (Lipinski definition) is 26. The molecule has 810 valence electrons. The molecule has 8 fully saturated rings. The number of carbonyl (C=O) groups excluding carboxylic acids is 3. The molecule has 45 nitrogen and oxygen atoms in total. The van der Waals surface area contributed by atoms with Crippen LogP contribution in [0, 0.1) is 0 Å². The Bertz CT molecular complexity index is 3410. The second kappa shape index (κ2) is 63.2. The fraction of sp³-hybridized carbons (Fsp3) is 0.926. The first-order valence-corrected chi connectivity index (χ1v) is 50.5. The maximum absolute atomic E-state index is 13.7. The van der Waals surface area contributed by atoms with Crippen LogP contribution < -0.4 is 16.0 Å². The largest absolute Gasteiger partial charge is 0.394 e. The van der Waals surface area contributed by atoms with Crippen molar-refractivity contribution in [3.63, 3.8) is 0 Å². The van der Waals surface area contributed by atoms with Gasteiger partial charge in [0.05, 0.1) is 71.1 Å². The van der Waals surface area contributed by atoms with Crippen molar-refractivity contribution in [1.29, 1.82) is 0 Å². The van der Waals surface area contributed by atoms with Crippen molar-refractivity contribution in [2.45, 2.75) is 498 Å². The van der Waals surface area contributed by atoms with Crippen molar-refractivity contribution in [2.75, 3.05) is 52.9 Å². The van der Waals surface area contributed by atoms with Gasteiger partial charge in [-0.05, 0) is 51.9 Å². The van der Waals surface area contributed by atoms with Gasteiger partial charge in [0.2, 0.25) is 17.7 Å². The summed E-state index contributed by atoms with van der Waals surface area (Å²) in [7, 11) is 0. The summed E-state index contributed by atoms with van der Waals surface area (Å²) >= 11 is 0. The third-order valence-electron chi connectivity index (χ3n) is 27.1. The molecular weight excluding hydrogens is 1840 g/mol. The van der Waals surface area contributed by atoms with Crippen molar-refractivity contribution >= 4 is 17.7 Å². The summed E-state index contributed by atoms with van der Waals surface area (Å²) in [6, 6.07) is -4.98. The summed E-state index contributed by atoms with van der Waals surface area (Å²) in [5.41, 5.74) is 0. The number of hydrogen-bond acceptors (Lipinski definition) is 42. The van der Waals surface area contributed by atoms with Crippen LogP contribution in [0.1, 0.15) is 240 Å². The van der Waals surface area contributed by atoms with E-state index in [-0.39, 0.29) is 12.3 Å². The highest BCUT2D eigenvalue weighted by atomic mass is 16.8. The molecule has 0 aromatic carbocycles. The third-order valence-corrected chi connectivity index (χ3v) is 27.1. The predicted octanol–water partition coefficient (Wildman–Crippen LogP) is -3.63. The van der Waals surface area contributed by atoms with E-state index in [0.717, 1.165) is 78.1 Å². The fourth-order valence-corrected chi connectivity index (χ4v) is 18.7. The Morgan fingerprint density at radius 3 is 1.01 bits per heavy atom. The van der Waals surface area contributed by atoms with Gasteiger partial charge in [0, 0.05) is 20.3 Å². The van der Waals surface area contributed by atoms with Gasteiger partial charge in [0.15, 0.2) is 50.3 Å². The van der Waals surface area contributed by atoms with E-state index < -0.39 is 322 Å². The first kappa shape index (κ1) is 121. The average Bonchev–Trinajstić information content (AvgIpc) is 0.765. The highest BCUT2D eigenvalue weighted by Gasteiger charge is 2.61. The Balaban J connectivity index is 0.903. The molecule has 0 bridgehead atoms. The normalized spacial score (nSPS) is 39.1. The monoisotopic (exact) mass is 2010 g/mol. The minimum atomic E-state index is -2.37. The molecule has 0 aromatic heterocycles. The first-order valence-electron chi connectivity index (χ1n) is 50.5. The standard InChI is InChI=1S/C94H167N3O42/c1-6-8-10-12-14-16-18-20-21-22-23-24-25-26-27-29-31-33-35-37-39-41-62(108)97-53(54(107)40-38-36-34-32-30-28-19-17-15-13-11-9-7-2)49-124-89-77(121)74(118)82(61(48-104)132-89)134-93-79(123)84(68(112)57(44-100)128-93)137-87-63(95-51(4)105)70(114)80(59(46-102)130-87)133-92-78(122)83(67(111)56(43-99)127-92)136-88-64(96-52(5)106)71(115)81(60(47-103)131-88)135-94-86(139-90-75(119)72(116)65(109)50(3)125-90)85(69(113)58(45-101)129-94)138-91-76(120)73(117)66(110)55(42-98)126-91/h20-21,38,40,50,53-61,63-94,98-104,107,109-123H,6-19,22-37,39,41-49H2,1-5H3,(H,95,105)(H,96,106)(H,97,108)/b21-20-,40-38+/t50?,53-,54+,55?,56?,57?,58?,59?,60?,61?,63?,64?,65+,66-,67-,68-,69-,70+,71+,72?,73-,74+,75-,76?,77?,78?,79?,80+,81+,82+,83-,84-,85-,86?,87-,88-,89+,90+,91+,92-,93-,94-/m0/s1. The fourth-order valence-electron chi connectivity index (χ4n) is 18.7. The van der Waals surface area contributed by atoms with E-state index >= 15 is 0 Å². The topological polar surface area (TPSA) is 700 Å². The summed E-state index contributed by atoms with van der Waals surface area (Å²) in [5, 5.41) is 267. The number of nitrogens with one attached hydrogen (secondary N) is 3. The maximum atomic E-state index is 13.7. The molecule has 8 heterocycles. The number of amides is 3. The van der Waals surface area contributed by atoms with Crippen LogP contribution >= 0.6 is 0 Å². The van der Waals surface area contributed by atoms with Gasteiger partial charge in [-0.3, -0.25) is 14.4 Å². The number of carbonyl (C=O) groups is 3. The van der Waals surface area contributed by atoms with Gasteiger partial charge in [0.1, 0.15) is 189 Å². The minimum Gasteiger partial charge on any atom is -0.394 e. The van der Waals surface area contributed by atoms with Gasteiger partial charge in [-0.25, -0.2) is 0 Å². The molecule has 0 aliphatic carbocycles. The lowest BCUT2D eigenvalue weighted by Crippen LogP contribution is -2.71. The lowest BCUT2D eigenvalue weighted by molar-refractivity contribution is -0.405. The number of ether oxygens (including phenoxy) is 16. The molecule has 8 rings (SSSR count). The Kier molecular flexibility index (Phi) is 54.8. The number of aliphatic hydroxyl groups is 23. The number of rotatable bonds is 62. The summed E-state index contributed by atoms with van der Waals surface area (Å²) in [6.45, 7) is -0.368. The molecule has 0 spiro atoms. The van der Waals surface area contributed by atoms with Gasteiger partial charge in [-0.15, -0.1) is 0 Å². The first-order chi connectivity index (χ1) is 66.8. The lowest BCUT2D eigenvalue weighted by atomic mass is 9.93. The summed E-state index contributed by atoms with van der Waals surface area (Å²) in [5.74, 6) is -2.22. The van der Waals surface area contributed by atoms with E-state index in [2.05, 4.69) is 41.9 Å². The maximum Gasteiger partial charge on any atom is 0.220 e. The zero-order chi connectivity index (χ0) is 102. The Morgan fingerprint density at radius 2 is 0.597 bits per heavy atom. The van der Waals surface area contributed by atoms with Gasteiger partial charge in [0.25, 0.3) is 0 Å². The van der Waals surface area contributed by atoms with Crippen molar-refractivity contribution in [3.8, 4) is 0 Å². The van der Waals surface area contributed by atoms with Crippen LogP contribution in [0.5, 0.6) is 0 Å². The summed E-state index contributed by atoms with van der Waals surface area (Å²) in [6.07, 6.45) is -34.1. The lowest BCUT2D eigenvalue weighted by Gasteiger charge is -2.51. The van der Waals surface area contributed by atoms with Crippen LogP contribution in [-0.4, -0.2) is 446 Å². The van der Waals surface area contributed by atoms with Crippen LogP contribution in [-0.2, 0) is 90.2 Å². The summed E-state index contributed by atoms with van der Waals surface area (Å²) < 4.78 is 95.9.